The van der Waals surface area contributed by atoms with Crippen LogP contribution in [0.15, 0.2) is 35.1 Å². The Kier molecular flexibility index (Phi) is 3.62. The summed E-state index contributed by atoms with van der Waals surface area (Å²) in [5.74, 6) is -1.61. The highest BCUT2D eigenvalue weighted by atomic mass is 16.2. The molecule has 3 aromatic rings. The third-order valence-electron chi connectivity index (χ3n) is 4.29. The van der Waals surface area contributed by atoms with Crippen LogP contribution in [0, 0.1) is 6.92 Å². The van der Waals surface area contributed by atoms with E-state index >= 15 is 0 Å². The van der Waals surface area contributed by atoms with Crippen LogP contribution in [0.3, 0.4) is 0 Å². The zero-order valence-corrected chi connectivity index (χ0v) is 14.4. The lowest BCUT2D eigenvalue weighted by Crippen LogP contribution is -2.45. The molecule has 2 N–H and O–H groups in total. The van der Waals surface area contributed by atoms with E-state index in [-0.39, 0.29) is 28.4 Å². The zero-order valence-electron chi connectivity index (χ0n) is 14.4. The van der Waals surface area contributed by atoms with Gasteiger partial charge in [0.2, 0.25) is 11.9 Å². The number of hydrogen-bond donors (Lipinski definition) is 2. The fourth-order valence-corrected chi connectivity index (χ4v) is 2.95. The summed E-state index contributed by atoms with van der Waals surface area (Å²) in [6, 6.07) is 6.63. The van der Waals surface area contributed by atoms with Crippen molar-refractivity contribution in [1.29, 1.82) is 0 Å². The number of H-pyrrole nitrogens is 1. The molecule has 0 spiro atoms. The number of hydrogen-bond acceptors (Lipinski definition) is 6. The van der Waals surface area contributed by atoms with Crippen LogP contribution in [0.1, 0.15) is 33.3 Å². The van der Waals surface area contributed by atoms with Crippen LogP contribution in [0.2, 0.25) is 0 Å². The van der Waals surface area contributed by atoms with Gasteiger partial charge in [-0.25, -0.2) is 4.98 Å². The third kappa shape index (κ3) is 2.58. The largest absolute Gasteiger partial charge is 0.293 e. The summed E-state index contributed by atoms with van der Waals surface area (Å²) in [6.07, 6.45) is 0. The van der Waals surface area contributed by atoms with Gasteiger partial charge in [0.15, 0.2) is 0 Å². The number of benzene rings is 1. The van der Waals surface area contributed by atoms with Gasteiger partial charge in [0.05, 0.1) is 11.1 Å². The smallest absolute Gasteiger partial charge is 0.274 e. The van der Waals surface area contributed by atoms with Crippen LogP contribution in [-0.4, -0.2) is 48.2 Å². The van der Waals surface area contributed by atoms with E-state index in [0.29, 0.717) is 5.69 Å². The van der Waals surface area contributed by atoms with Crippen molar-refractivity contribution in [3.63, 3.8) is 0 Å². The van der Waals surface area contributed by atoms with Crippen molar-refractivity contribution in [1.82, 2.24) is 24.5 Å². The predicted molar refractivity (Wildman–Crippen MR) is 93.4 cm³/mol. The molecule has 0 radical (unpaired) electrons. The molecule has 0 unspecified atom stereocenters. The number of carbonyl (C=O) groups excluding carboxylic acids is 3. The maximum Gasteiger partial charge on any atom is 0.274 e. The molecule has 1 aliphatic rings. The molecular weight excluding hydrogens is 352 g/mol. The van der Waals surface area contributed by atoms with Gasteiger partial charge in [0, 0.05) is 11.8 Å². The molecule has 4 rings (SSSR count). The summed E-state index contributed by atoms with van der Waals surface area (Å²) >= 11 is 0. The number of nitrogens with one attached hydrogen (secondary N) is 2. The Bertz CT molecular complexity index is 1140. The lowest BCUT2D eigenvalue weighted by molar-refractivity contribution is -0.119. The first-order valence-electron chi connectivity index (χ1n) is 8.11. The second-order valence-corrected chi connectivity index (χ2v) is 6.13. The Morgan fingerprint density at radius 2 is 1.74 bits per heavy atom. The summed E-state index contributed by atoms with van der Waals surface area (Å²) < 4.78 is 1.08. The standard InChI is InChI=1S/C17H14N6O4/c1-8-7-12(24)23-17(18-8)20-16(21-23)19-13(25)9(2)22-14(26)10-5-3-4-6-11(10)15(22)27/h3-7,9H,1-2H3,(H2,18,19,20,21,25)/t9-/m0/s1. The Labute approximate surface area is 151 Å². The molecular formula is C17H14N6O4. The molecule has 2 aromatic heterocycles. The monoisotopic (exact) mass is 366 g/mol. The second-order valence-electron chi connectivity index (χ2n) is 6.13. The van der Waals surface area contributed by atoms with Crippen molar-refractivity contribution < 1.29 is 14.4 Å². The van der Waals surface area contributed by atoms with Gasteiger partial charge < -0.3 is 0 Å². The number of imide groups is 1. The van der Waals surface area contributed by atoms with Crippen LogP contribution < -0.4 is 10.9 Å². The minimum Gasteiger partial charge on any atom is -0.293 e. The first kappa shape index (κ1) is 16.6. The van der Waals surface area contributed by atoms with Gasteiger partial charge in [-0.1, -0.05) is 12.1 Å². The SMILES string of the molecule is Cc1cc(=O)n2[nH]c(NC(=O)[C@H](C)N3C(=O)c4ccccc4C3=O)nc2n1. The number of rotatable bonds is 3. The number of carbonyl (C=O) groups is 3. The molecule has 0 bridgehead atoms. The number of aryl methyl sites for hydroxylation is 1. The van der Waals surface area contributed by atoms with Crippen LogP contribution in [-0.2, 0) is 4.79 Å². The first-order valence-corrected chi connectivity index (χ1v) is 8.11. The van der Waals surface area contributed by atoms with E-state index in [4.69, 9.17) is 0 Å². The van der Waals surface area contributed by atoms with E-state index < -0.39 is 23.8 Å². The summed E-state index contributed by atoms with van der Waals surface area (Å²) in [7, 11) is 0. The Morgan fingerprint density at radius 3 is 2.37 bits per heavy atom. The Morgan fingerprint density at radius 1 is 1.11 bits per heavy atom. The number of nitrogens with zero attached hydrogens (tertiary/aromatic N) is 4. The van der Waals surface area contributed by atoms with E-state index in [9.17, 15) is 19.2 Å². The Balaban J connectivity index is 1.59. The summed E-state index contributed by atoms with van der Waals surface area (Å²) in [4.78, 5) is 58.4. The molecule has 1 aromatic carbocycles. The van der Waals surface area contributed by atoms with Crippen LogP contribution in [0.25, 0.3) is 5.78 Å². The number of fused-ring (bicyclic) bond motifs is 2. The molecule has 10 nitrogen and oxygen atoms in total. The van der Waals surface area contributed by atoms with Gasteiger partial charge in [0.1, 0.15) is 6.04 Å². The highest BCUT2D eigenvalue weighted by Crippen LogP contribution is 2.24. The van der Waals surface area contributed by atoms with Gasteiger partial charge >= 0.3 is 0 Å². The average molecular weight is 366 g/mol. The van der Waals surface area contributed by atoms with Crippen molar-refractivity contribution in [2.45, 2.75) is 19.9 Å². The minimum atomic E-state index is -1.07. The fraction of sp³-hybridized carbons (Fsp3) is 0.176. The van der Waals surface area contributed by atoms with Gasteiger partial charge in [-0.05, 0) is 26.0 Å². The topological polar surface area (TPSA) is 130 Å². The molecule has 136 valence electrons. The predicted octanol–water partition coefficient (Wildman–Crippen LogP) is 0.349. The van der Waals surface area contributed by atoms with E-state index in [1.807, 2.05) is 0 Å². The quantitative estimate of drug-likeness (QED) is 0.644. The van der Waals surface area contributed by atoms with Gasteiger partial charge in [-0.3, -0.25) is 34.5 Å². The highest BCUT2D eigenvalue weighted by molar-refractivity contribution is 6.23. The number of anilines is 1. The molecule has 27 heavy (non-hydrogen) atoms. The first-order chi connectivity index (χ1) is 12.9. The lowest BCUT2D eigenvalue weighted by Gasteiger charge is -2.20. The molecule has 1 aliphatic heterocycles. The maximum absolute atomic E-state index is 12.5. The molecule has 1 atom stereocenters. The van der Waals surface area contributed by atoms with E-state index in [1.165, 1.54) is 13.0 Å². The van der Waals surface area contributed by atoms with Crippen molar-refractivity contribution in [3.8, 4) is 0 Å². The van der Waals surface area contributed by atoms with E-state index in [0.717, 1.165) is 9.42 Å². The third-order valence-corrected chi connectivity index (χ3v) is 4.29. The van der Waals surface area contributed by atoms with Gasteiger partial charge in [-0.2, -0.15) is 9.50 Å². The summed E-state index contributed by atoms with van der Waals surface area (Å²) in [5, 5.41) is 5.09. The van der Waals surface area contributed by atoms with Crippen LogP contribution in [0.4, 0.5) is 5.95 Å². The molecule has 0 aliphatic carbocycles. The van der Waals surface area contributed by atoms with Crippen LogP contribution >= 0.6 is 0 Å². The van der Waals surface area contributed by atoms with Crippen LogP contribution in [0.5, 0.6) is 0 Å². The maximum atomic E-state index is 12.5. The molecule has 3 amide bonds. The molecule has 3 heterocycles. The minimum absolute atomic E-state index is 0.0151. The van der Waals surface area contributed by atoms with Crippen molar-refractivity contribution >= 4 is 29.4 Å². The number of amides is 3. The Hall–Kier alpha value is -3.82. The summed E-state index contributed by atoms with van der Waals surface area (Å²) in [6.45, 7) is 3.09. The molecule has 0 saturated heterocycles. The van der Waals surface area contributed by atoms with E-state index in [1.54, 1.807) is 31.2 Å². The lowest BCUT2D eigenvalue weighted by atomic mass is 10.1. The fourth-order valence-electron chi connectivity index (χ4n) is 2.95. The number of aromatic amines is 1. The molecule has 10 heteroatoms. The van der Waals surface area contributed by atoms with Crippen molar-refractivity contribution in [2.75, 3.05) is 5.32 Å². The van der Waals surface area contributed by atoms with Gasteiger partial charge in [0.25, 0.3) is 23.2 Å². The van der Waals surface area contributed by atoms with E-state index in [2.05, 4.69) is 20.4 Å². The number of aromatic nitrogens is 4. The van der Waals surface area contributed by atoms with Crippen molar-refractivity contribution in [2.24, 2.45) is 0 Å². The highest BCUT2D eigenvalue weighted by Gasteiger charge is 2.40. The normalized spacial score (nSPS) is 14.5. The van der Waals surface area contributed by atoms with Crippen molar-refractivity contribution in [3.05, 3.63) is 57.5 Å². The van der Waals surface area contributed by atoms with Gasteiger partial charge in [-0.15, -0.1) is 0 Å². The second kappa shape index (κ2) is 5.87. The zero-order chi connectivity index (χ0) is 19.3. The molecule has 0 saturated carbocycles. The molecule has 0 fully saturated rings. The average Bonchev–Trinajstić information content (AvgIpc) is 3.14. The summed E-state index contributed by atoms with van der Waals surface area (Å²) in [5.41, 5.74) is 0.636.